The molecule has 0 unspecified atom stereocenters. The number of nitrogens with zero attached hydrogens (tertiary/aromatic N) is 1. The number of hydrogen-bond donors (Lipinski definition) is 0. The molecule has 0 saturated carbocycles. The summed E-state index contributed by atoms with van der Waals surface area (Å²) in [5.74, 6) is 0. The van der Waals surface area contributed by atoms with Gasteiger partial charge < -0.3 is 4.90 Å². The van der Waals surface area contributed by atoms with E-state index < -0.39 is 5.41 Å². The van der Waals surface area contributed by atoms with Gasteiger partial charge in [-0.2, -0.15) is 0 Å². The van der Waals surface area contributed by atoms with Crippen LogP contribution in [0.2, 0.25) is 0 Å². The molecule has 46 heavy (non-hydrogen) atoms. The third kappa shape index (κ3) is 3.82. The smallest absolute Gasteiger partial charge is 0.0714 e. The van der Waals surface area contributed by atoms with Gasteiger partial charge in [0.05, 0.1) is 11.1 Å². The molecule has 0 amide bonds. The van der Waals surface area contributed by atoms with Crippen molar-refractivity contribution >= 4 is 38.6 Å². The maximum absolute atomic E-state index is 2.50. The zero-order chi connectivity index (χ0) is 30.5. The fourth-order valence-corrected chi connectivity index (χ4v) is 7.84. The van der Waals surface area contributed by atoms with Gasteiger partial charge in [-0.15, -0.1) is 0 Å². The lowest BCUT2D eigenvalue weighted by molar-refractivity contribution is 0.769. The van der Waals surface area contributed by atoms with E-state index in [-0.39, 0.29) is 0 Å². The fourth-order valence-electron chi connectivity index (χ4n) is 7.84. The second-order valence-electron chi connectivity index (χ2n) is 12.1. The Kier molecular flexibility index (Phi) is 6.11. The summed E-state index contributed by atoms with van der Waals surface area (Å²) in [6.45, 7) is 0. The Morgan fingerprint density at radius 3 is 1.52 bits per heavy atom. The second kappa shape index (κ2) is 10.6. The third-order valence-corrected chi connectivity index (χ3v) is 9.69. The Morgan fingerprint density at radius 2 is 0.891 bits per heavy atom. The van der Waals surface area contributed by atoms with Crippen LogP contribution in [0.1, 0.15) is 22.3 Å². The molecule has 8 aromatic carbocycles. The second-order valence-corrected chi connectivity index (χ2v) is 12.1. The Morgan fingerprint density at radius 1 is 0.370 bits per heavy atom. The van der Waals surface area contributed by atoms with Gasteiger partial charge in [0.25, 0.3) is 0 Å². The molecule has 0 aliphatic heterocycles. The van der Waals surface area contributed by atoms with Crippen molar-refractivity contribution in [2.24, 2.45) is 0 Å². The number of anilines is 3. The van der Waals surface area contributed by atoms with Crippen LogP contribution < -0.4 is 4.90 Å². The van der Waals surface area contributed by atoms with Crippen LogP contribution in [0.3, 0.4) is 0 Å². The van der Waals surface area contributed by atoms with Crippen molar-refractivity contribution in [3.8, 4) is 11.1 Å². The summed E-state index contributed by atoms with van der Waals surface area (Å²) < 4.78 is 0. The first kappa shape index (κ1) is 26.5. The highest BCUT2D eigenvalue weighted by molar-refractivity contribution is 6.18. The monoisotopic (exact) mass is 585 g/mol. The normalized spacial score (nSPS) is 13.0. The minimum absolute atomic E-state index is 0.507. The molecule has 0 fully saturated rings. The van der Waals surface area contributed by atoms with E-state index in [0.717, 1.165) is 11.4 Å². The molecule has 1 heteroatoms. The molecular weight excluding hydrogens is 555 g/mol. The highest BCUT2D eigenvalue weighted by atomic mass is 15.1. The largest absolute Gasteiger partial charge is 0.309 e. The third-order valence-electron chi connectivity index (χ3n) is 9.69. The van der Waals surface area contributed by atoms with Gasteiger partial charge in [0.15, 0.2) is 0 Å². The summed E-state index contributed by atoms with van der Waals surface area (Å²) in [7, 11) is 0. The van der Waals surface area contributed by atoms with Gasteiger partial charge in [-0.1, -0.05) is 158 Å². The zero-order valence-electron chi connectivity index (χ0n) is 25.3. The van der Waals surface area contributed by atoms with Crippen LogP contribution in [-0.2, 0) is 5.41 Å². The summed E-state index contributed by atoms with van der Waals surface area (Å²) in [4.78, 5) is 2.47. The minimum atomic E-state index is -0.507. The molecule has 0 aromatic heterocycles. The van der Waals surface area contributed by atoms with Gasteiger partial charge >= 0.3 is 0 Å². The average Bonchev–Trinajstić information content (AvgIpc) is 3.44. The Balaban J connectivity index is 1.54. The molecule has 0 atom stereocenters. The van der Waals surface area contributed by atoms with Crippen LogP contribution in [0.25, 0.3) is 32.7 Å². The van der Waals surface area contributed by atoms with Crippen molar-refractivity contribution in [1.29, 1.82) is 0 Å². The summed E-state index contributed by atoms with van der Waals surface area (Å²) in [5.41, 5.74) is 10.7. The number of para-hydroxylation sites is 2. The van der Waals surface area contributed by atoms with Crippen molar-refractivity contribution in [2.45, 2.75) is 5.41 Å². The summed E-state index contributed by atoms with van der Waals surface area (Å²) >= 11 is 0. The number of fused-ring (bicyclic) bond motifs is 6. The van der Waals surface area contributed by atoms with Crippen LogP contribution >= 0.6 is 0 Å². The number of hydrogen-bond acceptors (Lipinski definition) is 1. The molecular formula is C45H31N. The van der Waals surface area contributed by atoms with Crippen LogP contribution in [0.15, 0.2) is 188 Å². The van der Waals surface area contributed by atoms with E-state index in [0.29, 0.717) is 0 Å². The molecule has 0 N–H and O–H groups in total. The van der Waals surface area contributed by atoms with Gasteiger partial charge in [0.2, 0.25) is 0 Å². The predicted octanol–water partition coefficient (Wildman–Crippen LogP) is 11.8. The Bertz CT molecular complexity index is 2260. The van der Waals surface area contributed by atoms with Crippen LogP contribution in [0.4, 0.5) is 17.1 Å². The summed E-state index contributed by atoms with van der Waals surface area (Å²) in [6, 6.07) is 68.8. The van der Waals surface area contributed by atoms with E-state index in [2.05, 4.69) is 193 Å². The molecule has 216 valence electrons. The molecule has 0 spiro atoms. The first-order valence-electron chi connectivity index (χ1n) is 16.0. The molecule has 0 radical (unpaired) electrons. The quantitative estimate of drug-likeness (QED) is 0.182. The van der Waals surface area contributed by atoms with Crippen molar-refractivity contribution in [2.75, 3.05) is 4.90 Å². The van der Waals surface area contributed by atoms with E-state index in [4.69, 9.17) is 0 Å². The lowest BCUT2D eigenvalue weighted by atomic mass is 9.67. The van der Waals surface area contributed by atoms with Crippen LogP contribution in [0, 0.1) is 0 Å². The zero-order valence-corrected chi connectivity index (χ0v) is 25.3. The molecule has 1 aliphatic rings. The van der Waals surface area contributed by atoms with E-state index in [9.17, 15) is 0 Å². The maximum Gasteiger partial charge on any atom is 0.0714 e. The molecule has 8 aromatic rings. The van der Waals surface area contributed by atoms with Gasteiger partial charge in [-0.05, 0) is 74.3 Å². The highest BCUT2D eigenvalue weighted by Gasteiger charge is 2.48. The van der Waals surface area contributed by atoms with Crippen molar-refractivity contribution in [1.82, 2.24) is 0 Å². The average molecular weight is 586 g/mol. The Labute approximate surface area is 269 Å². The van der Waals surface area contributed by atoms with Crippen molar-refractivity contribution in [3.05, 3.63) is 210 Å². The van der Waals surface area contributed by atoms with Crippen LogP contribution in [-0.4, -0.2) is 0 Å². The van der Waals surface area contributed by atoms with E-state index >= 15 is 0 Å². The van der Waals surface area contributed by atoms with Gasteiger partial charge in [-0.3, -0.25) is 0 Å². The van der Waals surface area contributed by atoms with E-state index in [1.807, 2.05) is 0 Å². The highest BCUT2D eigenvalue weighted by Crippen LogP contribution is 2.61. The molecule has 1 aliphatic carbocycles. The first-order chi connectivity index (χ1) is 22.9. The predicted molar refractivity (Wildman–Crippen MR) is 193 cm³/mol. The Hall–Kier alpha value is -5.92. The minimum Gasteiger partial charge on any atom is -0.309 e. The maximum atomic E-state index is 2.50. The fraction of sp³-hybridized carbons (Fsp3) is 0.0222. The van der Waals surface area contributed by atoms with Crippen LogP contribution in [0.5, 0.6) is 0 Å². The standard InChI is InChI=1S/C45H31N/c1-5-18-33(19-6-1)45(34-20-7-2-8-21-34)41-28-16-15-27-39(41)43-42(45)31-40-37-26-14-13-17-32(37)29-30-38(40)44(43)46(35-22-9-3-10-23-35)36-24-11-4-12-25-36/h1-31H. The molecule has 1 nitrogen and oxygen atoms in total. The number of benzene rings is 8. The van der Waals surface area contributed by atoms with E-state index in [1.54, 1.807) is 0 Å². The number of rotatable bonds is 5. The van der Waals surface area contributed by atoms with Crippen molar-refractivity contribution < 1.29 is 0 Å². The lowest BCUT2D eigenvalue weighted by Crippen LogP contribution is -2.28. The molecule has 0 bridgehead atoms. The molecule has 0 heterocycles. The SMILES string of the molecule is c1ccc(N(c2ccccc2)c2c3c(cc4c2ccc2ccccc24)C(c2ccccc2)(c2ccccc2)c2ccccc2-3)cc1. The summed E-state index contributed by atoms with van der Waals surface area (Å²) in [5, 5.41) is 4.99. The first-order valence-corrected chi connectivity index (χ1v) is 16.0. The van der Waals surface area contributed by atoms with Gasteiger partial charge in [0, 0.05) is 22.3 Å². The molecule has 0 saturated heterocycles. The van der Waals surface area contributed by atoms with E-state index in [1.165, 1.54) is 60.6 Å². The topological polar surface area (TPSA) is 3.24 Å². The van der Waals surface area contributed by atoms with Gasteiger partial charge in [0.1, 0.15) is 0 Å². The van der Waals surface area contributed by atoms with Gasteiger partial charge in [-0.25, -0.2) is 0 Å². The molecule has 9 rings (SSSR count). The van der Waals surface area contributed by atoms with Crippen molar-refractivity contribution in [3.63, 3.8) is 0 Å². The lowest BCUT2D eigenvalue weighted by Gasteiger charge is -2.35. The summed E-state index contributed by atoms with van der Waals surface area (Å²) in [6.07, 6.45) is 0.